The molecule has 0 nitrogen and oxygen atoms in total. The van der Waals surface area contributed by atoms with Crippen LogP contribution in [0.4, 0.5) is 0 Å². The van der Waals surface area contributed by atoms with Crippen molar-refractivity contribution in [1.82, 2.24) is 0 Å². The number of rotatable bonds is 0. The quantitative estimate of drug-likeness (QED) is 0.646. The van der Waals surface area contributed by atoms with Crippen molar-refractivity contribution >= 4 is 0 Å². The van der Waals surface area contributed by atoms with Gasteiger partial charge in [-0.05, 0) is 0 Å². The molecule has 0 aromatic heterocycles. The molecule has 1 aromatic carbocycles. The van der Waals surface area contributed by atoms with E-state index in [4.69, 9.17) is 0 Å². The minimum atomic E-state index is 0. The van der Waals surface area contributed by atoms with Crippen LogP contribution in [0.2, 0.25) is 0 Å². The summed E-state index contributed by atoms with van der Waals surface area (Å²) in [6.45, 7) is 1.97. The SMILES string of the molecule is Cc1[c-]ccc[c-]1.[CH3-].[CH3-].[Y].[Y]. The third-order valence-electron chi connectivity index (χ3n) is 0.792. The van der Waals surface area contributed by atoms with E-state index < -0.39 is 0 Å². The molecule has 0 fully saturated rings. The molecule has 1 aromatic rings. The molecule has 58 valence electrons. The first-order chi connectivity index (χ1) is 3.39. The molecular weight excluding hydrogens is 286 g/mol. The molecule has 0 aliphatic rings. The largest absolute Gasteiger partial charge is 0.358 e. The van der Waals surface area contributed by atoms with Gasteiger partial charge in [0.2, 0.25) is 0 Å². The number of aryl methyl sites for hydroxylation is 1. The summed E-state index contributed by atoms with van der Waals surface area (Å²) in [6, 6.07) is 11.6. The normalized spacial score (nSPS) is 5.55. The molecule has 0 aliphatic carbocycles. The number of hydrogen-bond acceptors (Lipinski definition) is 0. The van der Waals surface area contributed by atoms with Gasteiger partial charge in [-0.25, -0.2) is 0 Å². The molecule has 0 atom stereocenters. The molecule has 0 N–H and O–H groups in total. The van der Waals surface area contributed by atoms with Crippen LogP contribution in [0, 0.1) is 33.9 Å². The van der Waals surface area contributed by atoms with Crippen LogP contribution in [0.15, 0.2) is 18.2 Å². The molecule has 0 spiro atoms. The van der Waals surface area contributed by atoms with Gasteiger partial charge in [-0.1, -0.05) is 6.92 Å². The smallest absolute Gasteiger partial charge is 0 e. The van der Waals surface area contributed by atoms with E-state index in [1.165, 1.54) is 0 Å². The zero-order chi connectivity index (χ0) is 5.11. The van der Waals surface area contributed by atoms with E-state index in [9.17, 15) is 0 Å². The molecule has 0 aliphatic heterocycles. The molecule has 1 rings (SSSR count). The fourth-order valence-electron chi connectivity index (χ4n) is 0.436. The van der Waals surface area contributed by atoms with Crippen molar-refractivity contribution in [3.05, 3.63) is 50.7 Å². The summed E-state index contributed by atoms with van der Waals surface area (Å²) in [5.74, 6) is 0. The Morgan fingerprint density at radius 1 is 1.00 bits per heavy atom. The Morgan fingerprint density at radius 2 is 1.36 bits per heavy atom. The Morgan fingerprint density at radius 3 is 1.55 bits per heavy atom. The van der Waals surface area contributed by atoms with E-state index in [-0.39, 0.29) is 80.3 Å². The van der Waals surface area contributed by atoms with Gasteiger partial charge in [0, 0.05) is 65.4 Å². The molecule has 0 heterocycles. The second kappa shape index (κ2) is 14.0. The predicted octanol–water partition coefficient (Wildman–Crippen LogP) is 2.49. The van der Waals surface area contributed by atoms with Gasteiger partial charge >= 0.3 is 0 Å². The van der Waals surface area contributed by atoms with Crippen LogP contribution in [0.5, 0.6) is 0 Å². The molecule has 2 radical (unpaired) electrons. The molecular formula is C9H12Y2-4. The third kappa shape index (κ3) is 11.4. The van der Waals surface area contributed by atoms with Gasteiger partial charge in [-0.3, -0.25) is 23.8 Å². The Balaban J connectivity index is -0.0000000612. The van der Waals surface area contributed by atoms with Gasteiger partial charge in [0.25, 0.3) is 0 Å². The van der Waals surface area contributed by atoms with Crippen molar-refractivity contribution < 1.29 is 65.4 Å². The first-order valence-electron chi connectivity index (χ1n) is 2.24. The second-order valence-corrected chi connectivity index (χ2v) is 1.44. The fourth-order valence-corrected chi connectivity index (χ4v) is 0.436. The van der Waals surface area contributed by atoms with E-state index in [1.807, 2.05) is 25.1 Å². The molecule has 0 saturated heterocycles. The maximum Gasteiger partial charge on any atom is 0 e. The zero-order valence-corrected chi connectivity index (χ0v) is 13.1. The predicted molar refractivity (Wildman–Crippen MR) is 41.7 cm³/mol. The van der Waals surface area contributed by atoms with Crippen molar-refractivity contribution in [3.8, 4) is 0 Å². The van der Waals surface area contributed by atoms with Crippen LogP contribution in [-0.2, 0) is 65.4 Å². The zero-order valence-electron chi connectivity index (χ0n) is 7.39. The second-order valence-electron chi connectivity index (χ2n) is 1.44. The minimum Gasteiger partial charge on any atom is -0.358 e. The molecule has 0 saturated carbocycles. The summed E-state index contributed by atoms with van der Waals surface area (Å²) >= 11 is 0. The van der Waals surface area contributed by atoms with Gasteiger partial charge in [0.1, 0.15) is 0 Å². The average molecular weight is 298 g/mol. The van der Waals surface area contributed by atoms with Crippen LogP contribution >= 0.6 is 0 Å². The van der Waals surface area contributed by atoms with Crippen molar-refractivity contribution in [2.75, 3.05) is 0 Å². The molecule has 0 bridgehead atoms. The standard InChI is InChI=1S/C7H6.2CH3.2Y/c1-7-5-3-2-4-6-7;;;;/h2-4H,1H3;2*1H3;;/q-2;2*-1;;. The van der Waals surface area contributed by atoms with Crippen molar-refractivity contribution in [1.29, 1.82) is 0 Å². The third-order valence-corrected chi connectivity index (χ3v) is 0.792. The number of hydrogen-bond donors (Lipinski definition) is 0. The Bertz CT molecular complexity index is 137. The summed E-state index contributed by atoms with van der Waals surface area (Å²) in [5, 5.41) is 0. The van der Waals surface area contributed by atoms with E-state index in [0.717, 1.165) is 5.56 Å². The van der Waals surface area contributed by atoms with Crippen LogP contribution < -0.4 is 0 Å². The Kier molecular flexibility index (Phi) is 29.0. The van der Waals surface area contributed by atoms with E-state index in [1.54, 1.807) is 0 Å². The summed E-state index contributed by atoms with van der Waals surface area (Å²) in [7, 11) is 0. The summed E-state index contributed by atoms with van der Waals surface area (Å²) < 4.78 is 0. The first kappa shape index (κ1) is 22.9. The van der Waals surface area contributed by atoms with Gasteiger partial charge in [0.05, 0.1) is 0 Å². The van der Waals surface area contributed by atoms with Crippen molar-refractivity contribution in [2.45, 2.75) is 6.92 Å². The fraction of sp³-hybridized carbons (Fsp3) is 0.111. The van der Waals surface area contributed by atoms with Crippen LogP contribution in [0.25, 0.3) is 0 Å². The molecule has 0 unspecified atom stereocenters. The van der Waals surface area contributed by atoms with Gasteiger partial charge in [0.15, 0.2) is 0 Å². The number of benzene rings is 1. The van der Waals surface area contributed by atoms with Crippen LogP contribution in [-0.4, -0.2) is 0 Å². The van der Waals surface area contributed by atoms with Crippen molar-refractivity contribution in [2.24, 2.45) is 0 Å². The maximum absolute atomic E-state index is 2.98. The van der Waals surface area contributed by atoms with Gasteiger partial charge in [-0.2, -0.15) is 0 Å². The summed E-state index contributed by atoms with van der Waals surface area (Å²) in [6.07, 6.45) is 0. The summed E-state index contributed by atoms with van der Waals surface area (Å²) in [5.41, 5.74) is 1.07. The van der Waals surface area contributed by atoms with Crippen LogP contribution in [0.3, 0.4) is 0 Å². The monoisotopic (exact) mass is 298 g/mol. The van der Waals surface area contributed by atoms with E-state index in [0.29, 0.717) is 0 Å². The van der Waals surface area contributed by atoms with Crippen LogP contribution in [0.1, 0.15) is 5.56 Å². The minimum absolute atomic E-state index is 0. The Labute approximate surface area is 121 Å². The molecule has 0 amide bonds. The average Bonchev–Trinajstić information content (AvgIpc) is 1.69. The van der Waals surface area contributed by atoms with Gasteiger partial charge in [-0.15, -0.1) is 0 Å². The molecule has 2 heteroatoms. The topological polar surface area (TPSA) is 0 Å². The van der Waals surface area contributed by atoms with Gasteiger partial charge < -0.3 is 27.0 Å². The first-order valence-corrected chi connectivity index (χ1v) is 2.24. The maximum atomic E-state index is 2.98. The Hall–Kier alpha value is 1.43. The van der Waals surface area contributed by atoms with E-state index in [2.05, 4.69) is 12.1 Å². The molecule has 11 heavy (non-hydrogen) atoms. The van der Waals surface area contributed by atoms with E-state index >= 15 is 0 Å². The van der Waals surface area contributed by atoms with Crippen molar-refractivity contribution in [3.63, 3.8) is 0 Å². The summed E-state index contributed by atoms with van der Waals surface area (Å²) in [4.78, 5) is 0.